The number of aromatic nitrogens is 2. The predicted molar refractivity (Wildman–Crippen MR) is 129 cm³/mol. The van der Waals surface area contributed by atoms with Crippen molar-refractivity contribution in [1.82, 2.24) is 9.97 Å². The lowest BCUT2D eigenvalue weighted by molar-refractivity contribution is 0.102. The van der Waals surface area contributed by atoms with Crippen LogP contribution in [0.1, 0.15) is 15.9 Å². The monoisotopic (exact) mass is 486 g/mol. The van der Waals surface area contributed by atoms with Gasteiger partial charge in [0.05, 0.1) is 27.0 Å². The lowest BCUT2D eigenvalue weighted by Gasteiger charge is -2.30. The van der Waals surface area contributed by atoms with Gasteiger partial charge < -0.3 is 24.8 Å². The van der Waals surface area contributed by atoms with Crippen molar-refractivity contribution in [3.05, 3.63) is 65.9 Å². The smallest absolute Gasteiger partial charge is 0.255 e. The maximum absolute atomic E-state index is 13.4. The van der Waals surface area contributed by atoms with Crippen LogP contribution in [0.3, 0.4) is 0 Å². The first-order valence-electron chi connectivity index (χ1n) is 11.0. The van der Waals surface area contributed by atoms with Crippen molar-refractivity contribution in [1.29, 1.82) is 0 Å². The van der Waals surface area contributed by atoms with Gasteiger partial charge in [0, 0.05) is 48.4 Å². The number of aliphatic hydroxyl groups excluding tert-OH is 1. The Morgan fingerprint density at radius 1 is 1.17 bits per heavy atom. The number of morpholine rings is 1. The molecule has 2 N–H and O–H groups in total. The fourth-order valence-corrected chi connectivity index (χ4v) is 3.63. The van der Waals surface area contributed by atoms with Crippen molar-refractivity contribution < 1.29 is 28.2 Å². The largest absolute Gasteiger partial charge is 0.474 e. The number of aliphatic hydroxyl groups is 1. The van der Waals surface area contributed by atoms with Crippen LogP contribution in [-0.2, 0) is 4.74 Å². The van der Waals surface area contributed by atoms with Crippen molar-refractivity contribution in [3.63, 3.8) is 0 Å². The fraction of sp³-hybridized carbons (Fsp3) is 0.320. The molecule has 35 heavy (non-hydrogen) atoms. The fourth-order valence-electron chi connectivity index (χ4n) is 3.63. The van der Waals surface area contributed by atoms with Gasteiger partial charge in [-0.3, -0.25) is 9.18 Å². The summed E-state index contributed by atoms with van der Waals surface area (Å²) in [6.07, 6.45) is 2.97. The summed E-state index contributed by atoms with van der Waals surface area (Å²) >= 11 is 0. The SMILES string of the molecule is CF.Cc1ccc(NC(=O)c2ccnc(F)c2)cc1-c1cnc(OCCO)c(N2CCOCC2)c1. The van der Waals surface area contributed by atoms with Crippen LogP contribution >= 0.6 is 0 Å². The van der Waals surface area contributed by atoms with Gasteiger partial charge in [-0.2, -0.15) is 4.39 Å². The van der Waals surface area contributed by atoms with Crippen LogP contribution in [-0.4, -0.2) is 67.7 Å². The molecule has 1 aliphatic heterocycles. The van der Waals surface area contributed by atoms with E-state index < -0.39 is 11.9 Å². The molecule has 0 radical (unpaired) electrons. The number of carbonyl (C=O) groups excluding carboxylic acids is 1. The molecule has 1 amide bonds. The number of carbonyl (C=O) groups is 1. The number of nitrogens with zero attached hydrogens (tertiary/aromatic N) is 3. The Balaban J connectivity index is 0.00000167. The second kappa shape index (κ2) is 12.7. The third-order valence-electron chi connectivity index (χ3n) is 5.31. The molecule has 2 aromatic heterocycles. The highest BCUT2D eigenvalue weighted by atomic mass is 19.1. The highest BCUT2D eigenvalue weighted by Gasteiger charge is 2.19. The quantitative estimate of drug-likeness (QED) is 0.492. The molecule has 0 bridgehead atoms. The summed E-state index contributed by atoms with van der Waals surface area (Å²) in [4.78, 5) is 22.7. The van der Waals surface area contributed by atoms with Crippen molar-refractivity contribution in [2.24, 2.45) is 0 Å². The number of hydrogen-bond acceptors (Lipinski definition) is 7. The number of anilines is 2. The number of alkyl halides is 1. The normalized spacial score (nSPS) is 13.0. The summed E-state index contributed by atoms with van der Waals surface area (Å²) in [5, 5.41) is 12.0. The van der Waals surface area contributed by atoms with E-state index in [1.807, 2.05) is 25.1 Å². The van der Waals surface area contributed by atoms with E-state index in [2.05, 4.69) is 20.2 Å². The van der Waals surface area contributed by atoms with Gasteiger partial charge in [0.15, 0.2) is 0 Å². The third-order valence-corrected chi connectivity index (χ3v) is 5.31. The highest BCUT2D eigenvalue weighted by Crippen LogP contribution is 2.34. The number of rotatable bonds is 7. The Morgan fingerprint density at radius 2 is 1.94 bits per heavy atom. The number of nitrogens with one attached hydrogen (secondary N) is 1. The lowest BCUT2D eigenvalue weighted by Crippen LogP contribution is -2.36. The summed E-state index contributed by atoms with van der Waals surface area (Å²) in [7, 11) is 0.500. The summed E-state index contributed by atoms with van der Waals surface area (Å²) in [5.41, 5.74) is 4.34. The minimum Gasteiger partial charge on any atom is -0.474 e. The lowest BCUT2D eigenvalue weighted by atomic mass is 10.0. The molecule has 0 saturated carbocycles. The molecule has 4 rings (SSSR count). The third kappa shape index (κ3) is 6.71. The van der Waals surface area contributed by atoms with Gasteiger partial charge in [-0.25, -0.2) is 9.97 Å². The van der Waals surface area contributed by atoms with Gasteiger partial charge >= 0.3 is 0 Å². The molecule has 0 aliphatic carbocycles. The van der Waals surface area contributed by atoms with Crippen LogP contribution in [0.4, 0.5) is 20.2 Å². The van der Waals surface area contributed by atoms with Crippen LogP contribution in [0.25, 0.3) is 11.1 Å². The average molecular weight is 487 g/mol. The molecule has 0 spiro atoms. The zero-order chi connectivity index (χ0) is 25.2. The van der Waals surface area contributed by atoms with Gasteiger partial charge in [0.25, 0.3) is 5.91 Å². The zero-order valence-electron chi connectivity index (χ0n) is 19.6. The molecule has 10 heteroatoms. The van der Waals surface area contributed by atoms with E-state index in [1.165, 1.54) is 12.3 Å². The topological polar surface area (TPSA) is 96.8 Å². The first-order chi connectivity index (χ1) is 17.0. The van der Waals surface area contributed by atoms with Crippen LogP contribution in [0.2, 0.25) is 0 Å². The molecule has 1 fully saturated rings. The summed E-state index contributed by atoms with van der Waals surface area (Å²) in [6.45, 7) is 4.66. The summed E-state index contributed by atoms with van der Waals surface area (Å²) < 4.78 is 34.0. The molecule has 8 nitrogen and oxygen atoms in total. The summed E-state index contributed by atoms with van der Waals surface area (Å²) in [5.74, 6) is -0.681. The standard InChI is InChI=1S/C24H25FN4O4.CH3F/c1-16-2-3-19(28-23(31)17-4-5-26-22(25)13-17)14-20(16)18-12-21(29-6-9-32-10-7-29)24(27-15-18)33-11-8-30;1-2/h2-5,12-15,30H,6-11H2,1H3,(H,28,31);1H3. The van der Waals surface area contributed by atoms with Gasteiger partial charge in [-0.1, -0.05) is 6.07 Å². The average Bonchev–Trinajstić information content (AvgIpc) is 2.90. The van der Waals surface area contributed by atoms with Gasteiger partial charge in [0.2, 0.25) is 11.8 Å². The van der Waals surface area contributed by atoms with E-state index in [9.17, 15) is 13.6 Å². The molecular weight excluding hydrogens is 458 g/mol. The van der Waals surface area contributed by atoms with E-state index in [-0.39, 0.29) is 18.8 Å². The van der Waals surface area contributed by atoms with Crippen LogP contribution < -0.4 is 15.0 Å². The number of amides is 1. The predicted octanol–water partition coefficient (Wildman–Crippen LogP) is 3.64. The number of ether oxygens (including phenoxy) is 2. The number of benzene rings is 1. The Labute approximate surface area is 202 Å². The zero-order valence-corrected chi connectivity index (χ0v) is 19.6. The Hall–Kier alpha value is -3.63. The van der Waals surface area contributed by atoms with Crippen LogP contribution in [0.5, 0.6) is 5.88 Å². The molecule has 1 aromatic carbocycles. The van der Waals surface area contributed by atoms with Crippen LogP contribution in [0.15, 0.2) is 48.8 Å². The van der Waals surface area contributed by atoms with Crippen molar-refractivity contribution in [3.8, 4) is 17.0 Å². The molecule has 1 saturated heterocycles. The molecule has 186 valence electrons. The molecule has 3 aromatic rings. The van der Waals surface area contributed by atoms with Crippen molar-refractivity contribution >= 4 is 17.3 Å². The summed E-state index contributed by atoms with van der Waals surface area (Å²) in [6, 6.07) is 10.1. The number of halogens is 2. The van der Waals surface area contributed by atoms with Crippen molar-refractivity contribution in [2.75, 3.05) is 56.9 Å². The first-order valence-corrected chi connectivity index (χ1v) is 11.0. The maximum Gasteiger partial charge on any atom is 0.255 e. The molecule has 3 heterocycles. The van der Waals surface area contributed by atoms with E-state index in [0.29, 0.717) is 45.0 Å². The highest BCUT2D eigenvalue weighted by molar-refractivity contribution is 6.04. The number of hydrogen-bond donors (Lipinski definition) is 2. The van der Waals surface area contributed by atoms with E-state index in [4.69, 9.17) is 14.6 Å². The minimum absolute atomic E-state index is 0.103. The number of pyridine rings is 2. The Kier molecular flexibility index (Phi) is 9.45. The molecule has 0 unspecified atom stereocenters. The Bertz CT molecular complexity index is 1140. The van der Waals surface area contributed by atoms with E-state index in [1.54, 1.807) is 12.3 Å². The molecule has 1 aliphatic rings. The Morgan fingerprint density at radius 3 is 2.66 bits per heavy atom. The molecular formula is C25H28F2N4O4. The second-order valence-corrected chi connectivity index (χ2v) is 7.57. The van der Waals surface area contributed by atoms with Crippen LogP contribution in [0, 0.1) is 12.9 Å². The van der Waals surface area contributed by atoms with Crippen molar-refractivity contribution in [2.45, 2.75) is 6.92 Å². The van der Waals surface area contributed by atoms with Gasteiger partial charge in [-0.05, 0) is 42.3 Å². The van der Waals surface area contributed by atoms with Gasteiger partial charge in [0.1, 0.15) is 12.3 Å². The minimum atomic E-state index is -0.711. The first kappa shape index (κ1) is 26.0. The number of aryl methyl sites for hydroxylation is 1. The van der Waals surface area contributed by atoms with E-state index in [0.717, 1.165) is 28.4 Å². The van der Waals surface area contributed by atoms with Gasteiger partial charge in [-0.15, -0.1) is 0 Å². The van der Waals surface area contributed by atoms with E-state index >= 15 is 0 Å². The second-order valence-electron chi connectivity index (χ2n) is 7.57. The maximum atomic E-state index is 13.4. The molecule has 0 atom stereocenters.